The molecule has 138 valence electrons. The molecule has 5 heteroatoms. The fraction of sp³-hybridized carbons (Fsp3) is 0.476. The van der Waals surface area contributed by atoms with Gasteiger partial charge >= 0.3 is 0 Å². The topological polar surface area (TPSA) is 58.1 Å². The van der Waals surface area contributed by atoms with Crippen LogP contribution in [0.2, 0.25) is 0 Å². The summed E-state index contributed by atoms with van der Waals surface area (Å²) in [4.78, 5) is 23.1. The Labute approximate surface area is 155 Å². The first-order chi connectivity index (χ1) is 12.7. The van der Waals surface area contributed by atoms with Crippen LogP contribution in [0.15, 0.2) is 42.9 Å². The second kappa shape index (κ2) is 9.32. The number of anilines is 1. The minimum absolute atomic E-state index is 0.00427. The van der Waals surface area contributed by atoms with Crippen molar-refractivity contribution in [2.75, 3.05) is 18.5 Å². The van der Waals surface area contributed by atoms with E-state index in [2.05, 4.69) is 20.2 Å². The Kier molecular flexibility index (Phi) is 6.58. The Balaban J connectivity index is 1.52. The maximum Gasteiger partial charge on any atom is 0.253 e. The van der Waals surface area contributed by atoms with E-state index in [9.17, 15) is 4.79 Å². The monoisotopic (exact) mass is 352 g/mol. The Morgan fingerprint density at radius 1 is 1.12 bits per heavy atom. The van der Waals surface area contributed by atoms with Crippen molar-refractivity contribution in [1.82, 2.24) is 15.3 Å². The molecule has 0 spiro atoms. The predicted octanol–water partition coefficient (Wildman–Crippen LogP) is 3.61. The number of hydrogen-bond donors (Lipinski definition) is 1. The molecule has 3 rings (SSSR count). The Morgan fingerprint density at radius 2 is 1.85 bits per heavy atom. The highest BCUT2D eigenvalue weighted by Crippen LogP contribution is 2.18. The summed E-state index contributed by atoms with van der Waals surface area (Å²) in [5.74, 6) is 0.875. The molecule has 1 aliphatic rings. The van der Waals surface area contributed by atoms with Gasteiger partial charge in [0.2, 0.25) is 0 Å². The van der Waals surface area contributed by atoms with Crippen molar-refractivity contribution in [3.05, 3.63) is 54.0 Å². The average molecular weight is 352 g/mol. The van der Waals surface area contributed by atoms with Crippen LogP contribution in [-0.4, -0.2) is 35.5 Å². The van der Waals surface area contributed by atoms with Gasteiger partial charge < -0.3 is 10.2 Å². The van der Waals surface area contributed by atoms with Crippen LogP contribution in [0.1, 0.15) is 54.4 Å². The summed E-state index contributed by atoms with van der Waals surface area (Å²) in [7, 11) is 2.02. The Hall–Kier alpha value is -2.43. The molecule has 1 aliphatic carbocycles. The quantitative estimate of drug-likeness (QED) is 0.807. The first kappa shape index (κ1) is 18.4. The molecule has 2 heterocycles. The Bertz CT molecular complexity index is 679. The highest BCUT2D eigenvalue weighted by molar-refractivity contribution is 5.94. The van der Waals surface area contributed by atoms with Crippen LogP contribution in [0.3, 0.4) is 0 Å². The van der Waals surface area contributed by atoms with E-state index in [0.29, 0.717) is 11.6 Å². The summed E-state index contributed by atoms with van der Waals surface area (Å²) in [6.07, 6.45) is 13.4. The Morgan fingerprint density at radius 3 is 2.50 bits per heavy atom. The highest BCUT2D eigenvalue weighted by Gasteiger charge is 2.16. The first-order valence-electron chi connectivity index (χ1n) is 9.59. The van der Waals surface area contributed by atoms with Crippen molar-refractivity contribution in [3.63, 3.8) is 0 Å². The summed E-state index contributed by atoms with van der Waals surface area (Å²) < 4.78 is 0. The van der Waals surface area contributed by atoms with Gasteiger partial charge in [0.25, 0.3) is 5.91 Å². The van der Waals surface area contributed by atoms with Crippen LogP contribution in [0.5, 0.6) is 0 Å². The molecule has 1 fully saturated rings. The minimum Gasteiger partial charge on any atom is -0.359 e. The molecular formula is C21H28N4O. The van der Waals surface area contributed by atoms with Crippen LogP contribution < -0.4 is 10.2 Å². The third kappa shape index (κ3) is 5.28. The summed E-state index contributed by atoms with van der Waals surface area (Å²) in [6.45, 7) is 0.866. The third-order valence-corrected chi connectivity index (χ3v) is 5.08. The lowest BCUT2D eigenvalue weighted by atomic mass is 10.1. The SMILES string of the molecule is CN(CCc1ccncc1)c1ccc(C(=O)NC2CCCCCC2)cn1. The molecule has 0 aromatic carbocycles. The second-order valence-corrected chi connectivity index (χ2v) is 7.09. The average Bonchev–Trinajstić information content (AvgIpc) is 2.95. The van der Waals surface area contributed by atoms with Gasteiger partial charge in [-0.2, -0.15) is 0 Å². The van der Waals surface area contributed by atoms with E-state index in [1.807, 2.05) is 43.7 Å². The lowest BCUT2D eigenvalue weighted by Crippen LogP contribution is -2.34. The van der Waals surface area contributed by atoms with E-state index in [4.69, 9.17) is 0 Å². The summed E-state index contributed by atoms with van der Waals surface area (Å²) in [6, 6.07) is 8.17. The summed E-state index contributed by atoms with van der Waals surface area (Å²) >= 11 is 0. The van der Waals surface area contributed by atoms with Crippen molar-refractivity contribution in [2.45, 2.75) is 51.0 Å². The van der Waals surface area contributed by atoms with Gasteiger partial charge in [0.15, 0.2) is 0 Å². The number of carbonyl (C=O) groups excluding carboxylic acids is 1. The van der Waals surface area contributed by atoms with Crippen molar-refractivity contribution < 1.29 is 4.79 Å². The molecule has 0 aliphatic heterocycles. The maximum atomic E-state index is 12.4. The van der Waals surface area contributed by atoms with E-state index in [0.717, 1.165) is 31.6 Å². The number of nitrogens with zero attached hydrogens (tertiary/aromatic N) is 3. The van der Waals surface area contributed by atoms with Gasteiger partial charge in [-0.3, -0.25) is 9.78 Å². The fourth-order valence-electron chi connectivity index (χ4n) is 3.40. The lowest BCUT2D eigenvalue weighted by molar-refractivity contribution is 0.0933. The number of rotatable bonds is 6. The van der Waals surface area contributed by atoms with Crippen molar-refractivity contribution in [1.29, 1.82) is 0 Å². The molecule has 1 N–H and O–H groups in total. The molecule has 0 unspecified atom stereocenters. The standard InChI is InChI=1S/C21H28N4O/c1-25(15-12-17-10-13-22-14-11-17)20-9-8-18(16-23-20)21(26)24-19-6-4-2-3-5-7-19/h8-11,13-14,16,19H,2-7,12,15H2,1H3,(H,24,26). The van der Waals surface area contributed by atoms with Gasteiger partial charge in [-0.05, 0) is 49.1 Å². The summed E-state index contributed by atoms with van der Waals surface area (Å²) in [5.41, 5.74) is 1.90. The first-order valence-corrected chi connectivity index (χ1v) is 9.59. The molecule has 2 aromatic heterocycles. The molecule has 1 amide bonds. The molecule has 0 bridgehead atoms. The number of likely N-dealkylation sites (N-methyl/N-ethyl adjacent to an activating group) is 1. The van der Waals surface area contributed by atoms with Crippen molar-refractivity contribution in [3.8, 4) is 0 Å². The van der Waals surface area contributed by atoms with Gasteiger partial charge in [0, 0.05) is 38.2 Å². The van der Waals surface area contributed by atoms with E-state index >= 15 is 0 Å². The molecule has 0 saturated heterocycles. The van der Waals surface area contributed by atoms with Crippen LogP contribution >= 0.6 is 0 Å². The van der Waals surface area contributed by atoms with Crippen LogP contribution in [0.25, 0.3) is 0 Å². The second-order valence-electron chi connectivity index (χ2n) is 7.09. The minimum atomic E-state index is -0.00427. The number of carbonyl (C=O) groups is 1. The molecule has 0 atom stereocenters. The van der Waals surface area contributed by atoms with Gasteiger partial charge in [-0.15, -0.1) is 0 Å². The zero-order chi connectivity index (χ0) is 18.2. The van der Waals surface area contributed by atoms with Gasteiger partial charge in [0.05, 0.1) is 5.56 Å². The van der Waals surface area contributed by atoms with Gasteiger partial charge in [-0.25, -0.2) is 4.98 Å². The largest absolute Gasteiger partial charge is 0.359 e. The zero-order valence-corrected chi connectivity index (χ0v) is 15.5. The third-order valence-electron chi connectivity index (χ3n) is 5.08. The molecule has 0 radical (unpaired) electrons. The molecule has 2 aromatic rings. The van der Waals surface area contributed by atoms with Crippen LogP contribution in [0.4, 0.5) is 5.82 Å². The molecular weight excluding hydrogens is 324 g/mol. The van der Waals surface area contributed by atoms with Gasteiger partial charge in [0.1, 0.15) is 5.82 Å². The lowest BCUT2D eigenvalue weighted by Gasteiger charge is -2.19. The predicted molar refractivity (Wildman–Crippen MR) is 104 cm³/mol. The van der Waals surface area contributed by atoms with Crippen molar-refractivity contribution in [2.24, 2.45) is 0 Å². The summed E-state index contributed by atoms with van der Waals surface area (Å²) in [5, 5.41) is 3.17. The number of pyridine rings is 2. The molecule has 26 heavy (non-hydrogen) atoms. The van der Waals surface area contributed by atoms with E-state index < -0.39 is 0 Å². The van der Waals surface area contributed by atoms with E-state index in [1.54, 1.807) is 6.20 Å². The van der Waals surface area contributed by atoms with E-state index in [1.165, 1.54) is 31.2 Å². The van der Waals surface area contributed by atoms with Crippen LogP contribution in [-0.2, 0) is 6.42 Å². The fourth-order valence-corrected chi connectivity index (χ4v) is 3.40. The number of nitrogens with one attached hydrogen (secondary N) is 1. The zero-order valence-electron chi connectivity index (χ0n) is 15.5. The van der Waals surface area contributed by atoms with Crippen LogP contribution in [0, 0.1) is 0 Å². The number of hydrogen-bond acceptors (Lipinski definition) is 4. The van der Waals surface area contributed by atoms with E-state index in [-0.39, 0.29) is 5.91 Å². The van der Waals surface area contributed by atoms with Gasteiger partial charge in [-0.1, -0.05) is 25.7 Å². The highest BCUT2D eigenvalue weighted by atomic mass is 16.1. The maximum absolute atomic E-state index is 12.4. The number of amides is 1. The smallest absolute Gasteiger partial charge is 0.253 e. The van der Waals surface area contributed by atoms with Crippen molar-refractivity contribution >= 4 is 11.7 Å². The molecule has 5 nitrogen and oxygen atoms in total. The normalized spacial score (nSPS) is 15.3. The molecule has 1 saturated carbocycles. The number of aromatic nitrogens is 2.